The van der Waals surface area contributed by atoms with Crippen molar-refractivity contribution in [1.82, 2.24) is 15.2 Å². The zero-order valence-corrected chi connectivity index (χ0v) is 12.5. The molecule has 100 valence electrons. The van der Waals surface area contributed by atoms with Gasteiger partial charge < -0.3 is 0 Å². The number of allylic oxidation sites excluding steroid dienone is 4. The lowest BCUT2D eigenvalue weighted by Crippen LogP contribution is -2.63. The molecule has 3 aliphatic rings. The van der Waals surface area contributed by atoms with E-state index in [9.17, 15) is 0 Å². The molecule has 0 amide bonds. The van der Waals surface area contributed by atoms with Crippen molar-refractivity contribution in [3.05, 3.63) is 24.3 Å². The van der Waals surface area contributed by atoms with Crippen molar-refractivity contribution in [2.75, 3.05) is 20.0 Å². The molecule has 0 aromatic carbocycles. The Kier molecular flexibility index (Phi) is 3.45. The summed E-state index contributed by atoms with van der Waals surface area (Å²) in [5.74, 6) is 1.62. The SMILES string of the molecule is C[Si](C)(C1CCC2C=CC=CC21)N1CNCNC1. The number of nitrogens with one attached hydrogen (secondary N) is 2. The quantitative estimate of drug-likeness (QED) is 0.747. The lowest BCUT2D eigenvalue weighted by atomic mass is 9.92. The number of hydrogen-bond donors (Lipinski definition) is 2. The summed E-state index contributed by atoms with van der Waals surface area (Å²) in [7, 11) is -1.35. The number of rotatable bonds is 2. The summed E-state index contributed by atoms with van der Waals surface area (Å²) >= 11 is 0. The molecule has 0 bridgehead atoms. The maximum atomic E-state index is 3.45. The Labute approximate surface area is 111 Å². The topological polar surface area (TPSA) is 27.3 Å². The van der Waals surface area contributed by atoms with Gasteiger partial charge in [-0.1, -0.05) is 43.8 Å². The molecular weight excluding hydrogens is 238 g/mol. The third-order valence-electron chi connectivity index (χ3n) is 5.15. The van der Waals surface area contributed by atoms with Gasteiger partial charge in [-0.15, -0.1) is 0 Å². The monoisotopic (exact) mass is 263 g/mol. The van der Waals surface area contributed by atoms with E-state index in [1.54, 1.807) is 0 Å². The van der Waals surface area contributed by atoms with Crippen molar-refractivity contribution in [2.45, 2.75) is 31.5 Å². The molecule has 1 saturated heterocycles. The third-order valence-corrected chi connectivity index (χ3v) is 9.59. The fraction of sp³-hybridized carbons (Fsp3) is 0.714. The van der Waals surface area contributed by atoms with Crippen molar-refractivity contribution in [2.24, 2.45) is 11.8 Å². The highest BCUT2D eigenvalue weighted by molar-refractivity contribution is 6.76. The second kappa shape index (κ2) is 4.93. The average Bonchev–Trinajstić information content (AvgIpc) is 2.84. The summed E-state index contributed by atoms with van der Waals surface area (Å²) in [6.07, 6.45) is 12.2. The zero-order valence-electron chi connectivity index (χ0n) is 11.5. The van der Waals surface area contributed by atoms with Gasteiger partial charge in [0.15, 0.2) is 0 Å². The van der Waals surface area contributed by atoms with Crippen LogP contribution in [0.2, 0.25) is 18.6 Å². The molecule has 3 unspecified atom stereocenters. The van der Waals surface area contributed by atoms with Gasteiger partial charge in [0.2, 0.25) is 0 Å². The highest BCUT2D eigenvalue weighted by Crippen LogP contribution is 2.49. The molecule has 1 aliphatic heterocycles. The molecule has 2 aliphatic carbocycles. The van der Waals surface area contributed by atoms with Gasteiger partial charge in [-0.2, -0.15) is 0 Å². The van der Waals surface area contributed by atoms with Crippen LogP contribution in [0.5, 0.6) is 0 Å². The maximum absolute atomic E-state index is 3.45. The highest BCUT2D eigenvalue weighted by atomic mass is 28.3. The summed E-state index contributed by atoms with van der Waals surface area (Å²) in [6, 6.07) is 0. The van der Waals surface area contributed by atoms with E-state index in [1.165, 1.54) is 12.8 Å². The van der Waals surface area contributed by atoms with Crippen LogP contribution >= 0.6 is 0 Å². The van der Waals surface area contributed by atoms with Gasteiger partial charge >= 0.3 is 0 Å². The van der Waals surface area contributed by atoms with Crippen molar-refractivity contribution in [1.29, 1.82) is 0 Å². The summed E-state index contributed by atoms with van der Waals surface area (Å²) in [6.45, 7) is 8.21. The summed E-state index contributed by atoms with van der Waals surface area (Å²) < 4.78 is 2.69. The Bertz CT molecular complexity index is 358. The molecule has 0 spiro atoms. The van der Waals surface area contributed by atoms with Crippen LogP contribution in [0.15, 0.2) is 24.3 Å². The minimum absolute atomic E-state index is 0.804. The molecule has 3 atom stereocenters. The van der Waals surface area contributed by atoms with Gasteiger partial charge in [0, 0.05) is 20.0 Å². The first kappa shape index (κ1) is 12.6. The summed E-state index contributed by atoms with van der Waals surface area (Å²) in [5.41, 5.74) is 0.908. The molecule has 3 nitrogen and oxygen atoms in total. The Balaban J connectivity index is 1.76. The number of hydrogen-bond acceptors (Lipinski definition) is 3. The van der Waals surface area contributed by atoms with Gasteiger partial charge in [-0.3, -0.25) is 15.2 Å². The fourth-order valence-electron chi connectivity index (χ4n) is 3.95. The Morgan fingerprint density at radius 3 is 2.56 bits per heavy atom. The zero-order chi connectivity index (χ0) is 12.6. The van der Waals surface area contributed by atoms with Crippen LogP contribution in [0.1, 0.15) is 12.8 Å². The second-order valence-electron chi connectivity index (χ2n) is 6.38. The van der Waals surface area contributed by atoms with Crippen LogP contribution in [-0.4, -0.2) is 32.8 Å². The Morgan fingerprint density at radius 2 is 1.78 bits per heavy atom. The minimum atomic E-state index is -1.35. The predicted molar refractivity (Wildman–Crippen MR) is 78.4 cm³/mol. The Hall–Kier alpha value is -0.423. The molecular formula is C14H25N3Si. The normalized spacial score (nSPS) is 36.9. The predicted octanol–water partition coefficient (Wildman–Crippen LogP) is 2.08. The standard InChI is InChI=1S/C14H25N3Si/c1-18(2,17-10-15-9-16-11-17)14-8-7-12-5-3-4-6-13(12)14/h3-6,12-16H,7-11H2,1-2H3. The first-order valence-electron chi connectivity index (χ1n) is 7.21. The van der Waals surface area contributed by atoms with E-state index >= 15 is 0 Å². The molecule has 4 heteroatoms. The second-order valence-corrected chi connectivity index (χ2v) is 11.1. The van der Waals surface area contributed by atoms with E-state index in [0.717, 1.165) is 37.4 Å². The molecule has 3 rings (SSSR count). The van der Waals surface area contributed by atoms with Gasteiger partial charge in [-0.25, -0.2) is 0 Å². The Morgan fingerprint density at radius 1 is 1.06 bits per heavy atom. The molecule has 0 aromatic rings. The highest BCUT2D eigenvalue weighted by Gasteiger charge is 2.47. The fourth-order valence-corrected chi connectivity index (χ4v) is 7.63. The smallest absolute Gasteiger partial charge is 0.128 e. The lowest BCUT2D eigenvalue weighted by Gasteiger charge is -2.45. The van der Waals surface area contributed by atoms with Crippen LogP contribution in [0.25, 0.3) is 0 Å². The van der Waals surface area contributed by atoms with E-state index < -0.39 is 8.24 Å². The van der Waals surface area contributed by atoms with Crippen molar-refractivity contribution in [3.63, 3.8) is 0 Å². The largest absolute Gasteiger partial charge is 0.299 e. The van der Waals surface area contributed by atoms with Gasteiger partial charge in [0.05, 0.1) is 0 Å². The van der Waals surface area contributed by atoms with Crippen LogP contribution in [-0.2, 0) is 0 Å². The lowest BCUT2D eigenvalue weighted by molar-refractivity contribution is 0.283. The minimum Gasteiger partial charge on any atom is -0.299 e. The van der Waals surface area contributed by atoms with E-state index in [2.05, 4.69) is 52.6 Å². The number of fused-ring (bicyclic) bond motifs is 1. The first-order valence-corrected chi connectivity index (χ1v) is 10.2. The van der Waals surface area contributed by atoms with Crippen LogP contribution in [0, 0.1) is 11.8 Å². The van der Waals surface area contributed by atoms with Crippen LogP contribution < -0.4 is 10.6 Å². The van der Waals surface area contributed by atoms with Crippen LogP contribution in [0.4, 0.5) is 0 Å². The molecule has 1 heterocycles. The maximum Gasteiger partial charge on any atom is 0.128 e. The molecule has 18 heavy (non-hydrogen) atoms. The van der Waals surface area contributed by atoms with Gasteiger partial charge in [-0.05, 0) is 23.8 Å². The van der Waals surface area contributed by atoms with E-state index in [-0.39, 0.29) is 0 Å². The average molecular weight is 263 g/mol. The molecule has 2 N–H and O–H groups in total. The molecule has 1 saturated carbocycles. The van der Waals surface area contributed by atoms with E-state index in [4.69, 9.17) is 0 Å². The third kappa shape index (κ3) is 2.11. The summed E-state index contributed by atoms with van der Waals surface area (Å²) in [4.78, 5) is 0. The van der Waals surface area contributed by atoms with Crippen molar-refractivity contribution in [3.8, 4) is 0 Å². The molecule has 0 aromatic heterocycles. The molecule has 2 fully saturated rings. The van der Waals surface area contributed by atoms with E-state index in [1.807, 2.05) is 0 Å². The van der Waals surface area contributed by atoms with E-state index in [0.29, 0.717) is 0 Å². The van der Waals surface area contributed by atoms with Gasteiger partial charge in [0.1, 0.15) is 8.24 Å². The van der Waals surface area contributed by atoms with Gasteiger partial charge in [0.25, 0.3) is 0 Å². The molecule has 0 radical (unpaired) electrons. The first-order chi connectivity index (χ1) is 8.69. The van der Waals surface area contributed by atoms with Crippen molar-refractivity contribution < 1.29 is 0 Å². The van der Waals surface area contributed by atoms with Crippen LogP contribution in [0.3, 0.4) is 0 Å². The van der Waals surface area contributed by atoms with Crippen molar-refractivity contribution >= 4 is 8.24 Å². The number of nitrogens with zero attached hydrogens (tertiary/aromatic N) is 1. The summed E-state index contributed by atoms with van der Waals surface area (Å²) in [5, 5.41) is 6.91.